The molecule has 118 valence electrons. The van der Waals surface area contributed by atoms with Gasteiger partial charge in [0.05, 0.1) is 3.79 Å². The minimum absolute atomic E-state index is 0.242. The molecule has 0 radical (unpaired) electrons. The Morgan fingerprint density at radius 2 is 2.14 bits per heavy atom. The van der Waals surface area contributed by atoms with E-state index in [1.165, 1.54) is 43.4 Å². The number of hydrogen-bond acceptors (Lipinski definition) is 5. The van der Waals surface area contributed by atoms with Gasteiger partial charge in [0, 0.05) is 12.5 Å². The van der Waals surface area contributed by atoms with Gasteiger partial charge in [-0.05, 0) is 45.8 Å². The highest BCUT2D eigenvalue weighted by molar-refractivity contribution is 9.11. The molecule has 1 saturated carbocycles. The number of thiophene rings is 1. The molecule has 2 aromatic heterocycles. The molecule has 2 heterocycles. The van der Waals surface area contributed by atoms with Crippen LogP contribution >= 0.6 is 38.6 Å². The predicted octanol–water partition coefficient (Wildman–Crippen LogP) is 4.73. The van der Waals surface area contributed by atoms with E-state index in [0.717, 1.165) is 14.4 Å². The first-order valence-electron chi connectivity index (χ1n) is 7.32. The second-order valence-corrected chi connectivity index (χ2v) is 8.65. The molecule has 0 aliphatic heterocycles. The Labute approximate surface area is 145 Å². The minimum atomic E-state index is -0.242. The van der Waals surface area contributed by atoms with E-state index in [9.17, 15) is 4.79 Å². The van der Waals surface area contributed by atoms with E-state index in [4.69, 9.17) is 0 Å². The van der Waals surface area contributed by atoms with Crippen molar-refractivity contribution in [3.63, 3.8) is 0 Å². The van der Waals surface area contributed by atoms with Gasteiger partial charge in [-0.1, -0.05) is 30.6 Å². The molecule has 0 atom stereocenters. The van der Waals surface area contributed by atoms with Crippen molar-refractivity contribution in [1.29, 1.82) is 0 Å². The normalized spacial score (nSPS) is 15.7. The Hall–Kier alpha value is -0.990. The fourth-order valence-electron chi connectivity index (χ4n) is 2.56. The summed E-state index contributed by atoms with van der Waals surface area (Å²) in [6.07, 6.45) is 6.23. The lowest BCUT2D eigenvalue weighted by atomic mass is 9.90. The van der Waals surface area contributed by atoms with E-state index in [0.29, 0.717) is 17.6 Å². The summed E-state index contributed by atoms with van der Waals surface area (Å²) in [7, 11) is 0. The second-order valence-electron chi connectivity index (χ2n) is 5.35. The van der Waals surface area contributed by atoms with Crippen LogP contribution in [0.5, 0.6) is 0 Å². The molecule has 5 nitrogen and oxygen atoms in total. The van der Waals surface area contributed by atoms with Crippen LogP contribution in [0.4, 0.5) is 9.93 Å². The lowest BCUT2D eigenvalue weighted by molar-refractivity contribution is 0.251. The average Bonchev–Trinajstić information content (AvgIpc) is 3.15. The fraction of sp³-hybridized carbons (Fsp3) is 0.500. The van der Waals surface area contributed by atoms with Gasteiger partial charge in [0.1, 0.15) is 5.01 Å². The van der Waals surface area contributed by atoms with Gasteiger partial charge >= 0.3 is 6.03 Å². The highest BCUT2D eigenvalue weighted by Gasteiger charge is 2.20. The fourth-order valence-corrected chi connectivity index (χ4v) is 4.68. The monoisotopic (exact) mass is 400 g/mol. The molecule has 1 aliphatic carbocycles. The molecule has 0 saturated heterocycles. The largest absolute Gasteiger partial charge is 0.334 e. The second kappa shape index (κ2) is 7.52. The predicted molar refractivity (Wildman–Crippen MR) is 93.6 cm³/mol. The van der Waals surface area contributed by atoms with Gasteiger partial charge in [-0.3, -0.25) is 5.32 Å². The van der Waals surface area contributed by atoms with Crippen LogP contribution in [0.15, 0.2) is 15.2 Å². The number of anilines is 1. The van der Waals surface area contributed by atoms with Gasteiger partial charge in [0.2, 0.25) is 5.13 Å². The molecular weight excluding hydrogens is 384 g/mol. The Morgan fingerprint density at radius 3 is 2.86 bits per heavy atom. The maximum atomic E-state index is 11.9. The zero-order chi connectivity index (χ0) is 15.4. The van der Waals surface area contributed by atoms with Crippen LogP contribution in [0.25, 0.3) is 0 Å². The number of carbonyl (C=O) groups excluding carboxylic acids is 1. The average molecular weight is 401 g/mol. The summed E-state index contributed by atoms with van der Waals surface area (Å²) in [5.41, 5.74) is 1.08. The van der Waals surface area contributed by atoms with Crippen molar-refractivity contribution in [2.45, 2.75) is 44.6 Å². The number of halogens is 1. The van der Waals surface area contributed by atoms with Crippen LogP contribution in [-0.2, 0) is 6.54 Å². The lowest BCUT2D eigenvalue weighted by Gasteiger charge is -2.18. The lowest BCUT2D eigenvalue weighted by Crippen LogP contribution is -2.27. The number of rotatable bonds is 4. The Balaban J connectivity index is 1.50. The van der Waals surface area contributed by atoms with Crippen LogP contribution < -0.4 is 10.6 Å². The van der Waals surface area contributed by atoms with Gasteiger partial charge < -0.3 is 5.32 Å². The summed E-state index contributed by atoms with van der Waals surface area (Å²) >= 11 is 6.50. The number of urea groups is 1. The number of hydrogen-bond donors (Lipinski definition) is 2. The standard InChI is InChI=1S/C14H17BrN4OS2/c15-11-6-9(8-21-11)7-16-13(20)17-14-19-18-12(22-14)10-4-2-1-3-5-10/h6,8,10H,1-5,7H2,(H2,16,17,19,20). The van der Waals surface area contributed by atoms with Crippen molar-refractivity contribution in [2.75, 3.05) is 5.32 Å². The Morgan fingerprint density at radius 1 is 1.32 bits per heavy atom. The topological polar surface area (TPSA) is 66.9 Å². The Kier molecular flexibility index (Phi) is 5.43. The third-order valence-corrected chi connectivity index (χ3v) is 6.24. The Bertz CT molecular complexity index is 636. The molecule has 0 bridgehead atoms. The minimum Gasteiger partial charge on any atom is -0.334 e. The van der Waals surface area contributed by atoms with Gasteiger partial charge in [-0.25, -0.2) is 4.79 Å². The summed E-state index contributed by atoms with van der Waals surface area (Å²) in [4.78, 5) is 11.9. The summed E-state index contributed by atoms with van der Waals surface area (Å²) < 4.78 is 1.06. The smallest absolute Gasteiger partial charge is 0.321 e. The van der Waals surface area contributed by atoms with Crippen molar-refractivity contribution >= 4 is 49.8 Å². The van der Waals surface area contributed by atoms with Crippen molar-refractivity contribution in [3.05, 3.63) is 25.8 Å². The van der Waals surface area contributed by atoms with Crippen molar-refractivity contribution in [2.24, 2.45) is 0 Å². The maximum absolute atomic E-state index is 11.9. The molecule has 2 aromatic rings. The summed E-state index contributed by atoms with van der Waals surface area (Å²) in [5.74, 6) is 0.521. The van der Waals surface area contributed by atoms with E-state index in [2.05, 4.69) is 36.8 Å². The van der Waals surface area contributed by atoms with E-state index in [-0.39, 0.29) is 6.03 Å². The molecule has 1 fully saturated rings. The molecular formula is C14H17BrN4OS2. The van der Waals surface area contributed by atoms with Crippen molar-refractivity contribution in [1.82, 2.24) is 15.5 Å². The SMILES string of the molecule is O=C(NCc1csc(Br)c1)Nc1nnc(C2CCCCC2)s1. The third-order valence-electron chi connectivity index (χ3n) is 3.69. The highest BCUT2D eigenvalue weighted by Crippen LogP contribution is 2.35. The van der Waals surface area contributed by atoms with E-state index < -0.39 is 0 Å². The van der Waals surface area contributed by atoms with Crippen LogP contribution in [0.2, 0.25) is 0 Å². The molecule has 1 aliphatic rings. The molecule has 22 heavy (non-hydrogen) atoms. The zero-order valence-electron chi connectivity index (χ0n) is 12.0. The van der Waals surface area contributed by atoms with E-state index >= 15 is 0 Å². The van der Waals surface area contributed by atoms with Crippen LogP contribution in [0.1, 0.15) is 48.6 Å². The number of amides is 2. The molecule has 2 N–H and O–H groups in total. The van der Waals surface area contributed by atoms with E-state index in [1.807, 2.05) is 11.4 Å². The van der Waals surface area contributed by atoms with Gasteiger partial charge in [-0.2, -0.15) is 0 Å². The number of aromatic nitrogens is 2. The molecule has 3 rings (SSSR count). The molecule has 8 heteroatoms. The summed E-state index contributed by atoms with van der Waals surface area (Å²) in [5, 5.41) is 17.5. The summed E-state index contributed by atoms with van der Waals surface area (Å²) in [6, 6.07) is 1.76. The zero-order valence-corrected chi connectivity index (χ0v) is 15.2. The highest BCUT2D eigenvalue weighted by atomic mass is 79.9. The van der Waals surface area contributed by atoms with Gasteiger partial charge in [0.15, 0.2) is 0 Å². The number of nitrogens with one attached hydrogen (secondary N) is 2. The maximum Gasteiger partial charge on any atom is 0.321 e. The molecule has 0 spiro atoms. The van der Waals surface area contributed by atoms with Gasteiger partial charge in [0.25, 0.3) is 0 Å². The van der Waals surface area contributed by atoms with Crippen LogP contribution in [0.3, 0.4) is 0 Å². The third kappa shape index (κ3) is 4.27. The van der Waals surface area contributed by atoms with E-state index in [1.54, 1.807) is 11.3 Å². The van der Waals surface area contributed by atoms with Crippen molar-refractivity contribution < 1.29 is 4.79 Å². The molecule has 0 unspecified atom stereocenters. The number of nitrogens with zero attached hydrogens (tertiary/aromatic N) is 2. The quantitative estimate of drug-likeness (QED) is 0.778. The summed E-state index contributed by atoms with van der Waals surface area (Å²) in [6.45, 7) is 0.502. The van der Waals surface area contributed by atoms with Gasteiger partial charge in [-0.15, -0.1) is 21.5 Å². The van der Waals surface area contributed by atoms with Crippen LogP contribution in [0, 0.1) is 0 Å². The van der Waals surface area contributed by atoms with Crippen molar-refractivity contribution in [3.8, 4) is 0 Å². The molecule has 2 amide bonds. The first-order chi connectivity index (χ1) is 10.7. The first kappa shape index (κ1) is 15.9. The number of carbonyl (C=O) groups is 1. The molecule has 0 aromatic carbocycles. The first-order valence-corrected chi connectivity index (χ1v) is 9.81. The van der Waals surface area contributed by atoms with Crippen LogP contribution in [-0.4, -0.2) is 16.2 Å².